The molecule has 3 aliphatic rings. The van der Waals surface area contributed by atoms with Crippen molar-refractivity contribution in [1.29, 1.82) is 0 Å². The van der Waals surface area contributed by atoms with Crippen LogP contribution in [0.25, 0.3) is 0 Å². The minimum atomic E-state index is -0.569. The molecule has 0 radical (unpaired) electrons. The highest BCUT2D eigenvalue weighted by atomic mass is 32.1. The highest BCUT2D eigenvalue weighted by Crippen LogP contribution is 2.50. The van der Waals surface area contributed by atoms with E-state index in [0.29, 0.717) is 32.2 Å². The summed E-state index contributed by atoms with van der Waals surface area (Å²) in [6.45, 7) is 8.62. The van der Waals surface area contributed by atoms with Crippen molar-refractivity contribution in [3.8, 4) is 0 Å². The summed E-state index contributed by atoms with van der Waals surface area (Å²) in [7, 11) is 0. The van der Waals surface area contributed by atoms with Gasteiger partial charge in [-0.15, -0.1) is 11.3 Å². The summed E-state index contributed by atoms with van der Waals surface area (Å²) < 4.78 is 2.09. The lowest BCUT2D eigenvalue weighted by atomic mass is 9.75. The second-order valence-electron chi connectivity index (χ2n) is 9.73. The number of hydrogen-bond acceptors (Lipinski definition) is 5. The Bertz CT molecular complexity index is 994. The minimum absolute atomic E-state index is 0.0498. The Morgan fingerprint density at radius 2 is 2.16 bits per heavy atom. The van der Waals surface area contributed by atoms with Crippen LogP contribution in [-0.2, 0) is 16.1 Å². The van der Waals surface area contributed by atoms with Crippen LogP contribution in [0.15, 0.2) is 17.9 Å². The standard InChI is InChI=1S/C23H31N5O2S/c1-15(2)28-11-20(24-14-28)19-10-27(21(29)17-5-4-6-17)13-23(19)7-8-26(22(23)30)9-18-12-31-16(3)25-18/h11-12,14-15,17,19H,4-10,13H2,1-3H3/t19-,23+/m1/s1. The van der Waals surface area contributed by atoms with Crippen LogP contribution in [0.3, 0.4) is 0 Å². The molecule has 5 rings (SSSR count). The molecule has 166 valence electrons. The fraction of sp³-hybridized carbons (Fsp3) is 0.652. The van der Waals surface area contributed by atoms with E-state index in [1.54, 1.807) is 11.3 Å². The highest BCUT2D eigenvalue weighted by molar-refractivity contribution is 7.09. The van der Waals surface area contributed by atoms with E-state index < -0.39 is 5.41 Å². The summed E-state index contributed by atoms with van der Waals surface area (Å²) in [5, 5.41) is 3.06. The second kappa shape index (κ2) is 7.73. The fourth-order valence-electron chi connectivity index (χ4n) is 5.34. The Kier molecular flexibility index (Phi) is 5.15. The van der Waals surface area contributed by atoms with E-state index in [0.717, 1.165) is 42.1 Å². The molecule has 3 fully saturated rings. The maximum Gasteiger partial charge on any atom is 0.231 e. The number of carbonyl (C=O) groups excluding carboxylic acids is 2. The Hall–Kier alpha value is -2.22. The molecule has 31 heavy (non-hydrogen) atoms. The van der Waals surface area contributed by atoms with Crippen LogP contribution in [0, 0.1) is 18.3 Å². The van der Waals surface area contributed by atoms with Gasteiger partial charge in [0.25, 0.3) is 0 Å². The molecule has 0 unspecified atom stereocenters. The van der Waals surface area contributed by atoms with E-state index in [9.17, 15) is 9.59 Å². The Morgan fingerprint density at radius 1 is 1.35 bits per heavy atom. The minimum Gasteiger partial charge on any atom is -0.341 e. The summed E-state index contributed by atoms with van der Waals surface area (Å²) in [5.41, 5.74) is 1.33. The summed E-state index contributed by atoms with van der Waals surface area (Å²) in [6, 6.07) is 0.315. The van der Waals surface area contributed by atoms with Gasteiger partial charge in [-0.3, -0.25) is 9.59 Å². The van der Waals surface area contributed by atoms with Crippen LogP contribution in [0.2, 0.25) is 0 Å². The number of aryl methyl sites for hydroxylation is 1. The van der Waals surface area contributed by atoms with Gasteiger partial charge in [0.1, 0.15) is 0 Å². The lowest BCUT2D eigenvalue weighted by Crippen LogP contribution is -2.42. The Labute approximate surface area is 187 Å². The van der Waals surface area contributed by atoms with Crippen molar-refractivity contribution < 1.29 is 9.59 Å². The normalized spacial score (nSPS) is 26.5. The van der Waals surface area contributed by atoms with Gasteiger partial charge in [0.05, 0.1) is 34.7 Å². The quantitative estimate of drug-likeness (QED) is 0.713. The fourth-order valence-corrected chi connectivity index (χ4v) is 5.94. The maximum atomic E-state index is 13.8. The van der Waals surface area contributed by atoms with Crippen LogP contribution in [0.5, 0.6) is 0 Å². The third-order valence-corrected chi connectivity index (χ3v) is 8.27. The number of likely N-dealkylation sites (tertiary alicyclic amines) is 2. The zero-order chi connectivity index (χ0) is 21.8. The third kappa shape index (κ3) is 3.49. The lowest BCUT2D eigenvalue weighted by molar-refractivity contribution is -0.139. The Morgan fingerprint density at radius 3 is 2.77 bits per heavy atom. The molecule has 1 aliphatic carbocycles. The average Bonchev–Trinajstić information content (AvgIpc) is 3.45. The van der Waals surface area contributed by atoms with Crippen LogP contribution in [0.4, 0.5) is 0 Å². The summed E-state index contributed by atoms with van der Waals surface area (Å²) >= 11 is 1.62. The van der Waals surface area contributed by atoms with Crippen molar-refractivity contribution >= 4 is 23.2 Å². The molecule has 2 aromatic heterocycles. The van der Waals surface area contributed by atoms with Crippen LogP contribution in [0.1, 0.15) is 67.9 Å². The molecule has 0 aromatic carbocycles. The van der Waals surface area contributed by atoms with Gasteiger partial charge in [-0.25, -0.2) is 9.97 Å². The number of nitrogens with zero attached hydrogens (tertiary/aromatic N) is 5. The molecule has 8 heteroatoms. The number of amides is 2. The zero-order valence-corrected chi connectivity index (χ0v) is 19.4. The maximum absolute atomic E-state index is 13.8. The SMILES string of the molecule is Cc1nc(CN2CC[C@@]3(CN(C(=O)C4CCC4)C[C@@H]3c3cn(C(C)C)cn3)C2=O)cs1. The molecular formula is C23H31N5O2S. The number of carbonyl (C=O) groups is 2. The predicted molar refractivity (Wildman–Crippen MR) is 119 cm³/mol. The molecule has 0 N–H and O–H groups in total. The first kappa shape index (κ1) is 20.7. The summed E-state index contributed by atoms with van der Waals surface area (Å²) in [5.74, 6) is 0.491. The number of aromatic nitrogens is 3. The molecule has 2 aliphatic heterocycles. The van der Waals surface area contributed by atoms with Gasteiger partial charge in [0, 0.05) is 49.1 Å². The lowest BCUT2D eigenvalue weighted by Gasteiger charge is -2.30. The monoisotopic (exact) mass is 441 g/mol. The highest BCUT2D eigenvalue weighted by Gasteiger charge is 2.59. The van der Waals surface area contributed by atoms with E-state index in [1.165, 1.54) is 0 Å². The second-order valence-corrected chi connectivity index (χ2v) is 10.8. The number of rotatable bonds is 5. The van der Waals surface area contributed by atoms with Crippen molar-refractivity contribution in [2.45, 2.75) is 65.0 Å². The van der Waals surface area contributed by atoms with Crippen molar-refractivity contribution in [1.82, 2.24) is 24.3 Å². The van der Waals surface area contributed by atoms with E-state index >= 15 is 0 Å². The predicted octanol–water partition coefficient (Wildman–Crippen LogP) is 3.37. The number of hydrogen-bond donors (Lipinski definition) is 0. The first-order chi connectivity index (χ1) is 14.9. The average molecular weight is 442 g/mol. The Balaban J connectivity index is 1.44. The van der Waals surface area contributed by atoms with Crippen molar-refractivity contribution in [2.24, 2.45) is 11.3 Å². The van der Waals surface area contributed by atoms with Crippen molar-refractivity contribution in [2.75, 3.05) is 19.6 Å². The van der Waals surface area contributed by atoms with E-state index in [2.05, 4.69) is 29.6 Å². The molecule has 4 heterocycles. The van der Waals surface area contributed by atoms with E-state index in [4.69, 9.17) is 4.98 Å². The van der Waals surface area contributed by atoms with Crippen LogP contribution < -0.4 is 0 Å². The smallest absolute Gasteiger partial charge is 0.231 e. The molecule has 1 saturated carbocycles. The van der Waals surface area contributed by atoms with Gasteiger partial charge in [-0.2, -0.15) is 0 Å². The largest absolute Gasteiger partial charge is 0.341 e. The third-order valence-electron chi connectivity index (χ3n) is 7.44. The van der Waals surface area contributed by atoms with Crippen molar-refractivity contribution in [3.63, 3.8) is 0 Å². The molecule has 0 bridgehead atoms. The first-order valence-corrected chi connectivity index (χ1v) is 12.3. The summed E-state index contributed by atoms with van der Waals surface area (Å²) in [4.78, 5) is 40.1. The van der Waals surface area contributed by atoms with Gasteiger partial charge in [-0.05, 0) is 40.0 Å². The van der Waals surface area contributed by atoms with E-state index in [1.807, 2.05) is 28.4 Å². The number of imidazole rings is 1. The van der Waals surface area contributed by atoms with E-state index in [-0.39, 0.29) is 23.7 Å². The first-order valence-electron chi connectivity index (χ1n) is 11.4. The molecule has 7 nitrogen and oxygen atoms in total. The summed E-state index contributed by atoms with van der Waals surface area (Å²) in [6.07, 6.45) is 7.81. The van der Waals surface area contributed by atoms with Gasteiger partial charge >= 0.3 is 0 Å². The molecule has 2 atom stereocenters. The molecular weight excluding hydrogens is 410 g/mol. The van der Waals surface area contributed by atoms with Crippen LogP contribution in [-0.4, -0.2) is 55.8 Å². The van der Waals surface area contributed by atoms with Gasteiger partial charge in [-0.1, -0.05) is 6.42 Å². The molecule has 1 spiro atoms. The van der Waals surface area contributed by atoms with Crippen LogP contribution >= 0.6 is 11.3 Å². The molecule has 2 saturated heterocycles. The zero-order valence-electron chi connectivity index (χ0n) is 18.6. The van der Waals surface area contributed by atoms with Crippen molar-refractivity contribution in [3.05, 3.63) is 34.3 Å². The van der Waals surface area contributed by atoms with Gasteiger partial charge in [0.15, 0.2) is 0 Å². The van der Waals surface area contributed by atoms with Gasteiger partial charge < -0.3 is 14.4 Å². The number of thiazole rings is 1. The topological polar surface area (TPSA) is 71.3 Å². The molecule has 2 amide bonds. The van der Waals surface area contributed by atoms with Gasteiger partial charge in [0.2, 0.25) is 11.8 Å². The molecule has 2 aromatic rings.